The van der Waals surface area contributed by atoms with Gasteiger partial charge in [0.1, 0.15) is 5.76 Å². The minimum Gasteiger partial charge on any atom is -0.410 e. The van der Waals surface area contributed by atoms with Gasteiger partial charge in [-0.3, -0.25) is 10.6 Å². The molecular weight excluding hydrogens is 433 g/mol. The van der Waals surface area contributed by atoms with E-state index in [2.05, 4.69) is 30.6 Å². The SMILES string of the molecule is NNC(=S)C1CCN(c2ccc(NC(=O)CC3=CCCC(OC(F)(F)F)=C3)nn2)CC1. The summed E-state index contributed by atoms with van der Waals surface area (Å²) in [6.07, 6.45) is 0.365. The van der Waals surface area contributed by atoms with Crippen LogP contribution in [0, 0.1) is 5.92 Å². The van der Waals surface area contributed by atoms with Gasteiger partial charge in [0, 0.05) is 25.4 Å². The van der Waals surface area contributed by atoms with Crippen LogP contribution in [-0.4, -0.2) is 40.5 Å². The predicted molar refractivity (Wildman–Crippen MR) is 113 cm³/mol. The second-order valence-corrected chi connectivity index (χ2v) is 7.69. The molecule has 4 N–H and O–H groups in total. The standard InChI is InChI=1S/C19H23F3N6O2S/c20-19(21,22)30-14-3-1-2-12(10-14)11-17(29)24-15-4-5-16(27-26-15)28-8-6-13(7-9-28)18(31)25-23/h2,4-5,10,13H,1,3,6-9,11,23H2,(H,25,31)(H,24,26,29). The van der Waals surface area contributed by atoms with E-state index in [0.29, 0.717) is 22.8 Å². The van der Waals surface area contributed by atoms with Crippen molar-refractivity contribution in [2.24, 2.45) is 11.8 Å². The highest BCUT2D eigenvalue weighted by molar-refractivity contribution is 7.80. The van der Waals surface area contributed by atoms with Crippen LogP contribution < -0.4 is 21.5 Å². The van der Waals surface area contributed by atoms with E-state index in [1.54, 1.807) is 18.2 Å². The van der Waals surface area contributed by atoms with Gasteiger partial charge in [0.2, 0.25) is 5.91 Å². The first kappa shape index (κ1) is 22.9. The van der Waals surface area contributed by atoms with E-state index in [4.69, 9.17) is 18.1 Å². The quantitative estimate of drug-likeness (QED) is 0.341. The van der Waals surface area contributed by atoms with Crippen LogP contribution in [0.2, 0.25) is 0 Å². The monoisotopic (exact) mass is 456 g/mol. The molecule has 0 radical (unpaired) electrons. The number of rotatable bonds is 6. The summed E-state index contributed by atoms with van der Waals surface area (Å²) < 4.78 is 41.0. The number of hydrazine groups is 1. The molecule has 1 aliphatic carbocycles. The van der Waals surface area contributed by atoms with E-state index >= 15 is 0 Å². The lowest BCUT2D eigenvalue weighted by Gasteiger charge is -2.32. The largest absolute Gasteiger partial charge is 0.572 e. The molecule has 0 saturated carbocycles. The number of ether oxygens (including phenoxy) is 1. The van der Waals surface area contributed by atoms with Crippen molar-refractivity contribution >= 4 is 34.7 Å². The second-order valence-electron chi connectivity index (χ2n) is 7.25. The smallest absolute Gasteiger partial charge is 0.410 e. The molecule has 0 atom stereocenters. The summed E-state index contributed by atoms with van der Waals surface area (Å²) in [4.78, 5) is 15.0. The summed E-state index contributed by atoms with van der Waals surface area (Å²) >= 11 is 5.19. The third-order valence-corrected chi connectivity index (χ3v) is 5.46. The molecule has 0 bridgehead atoms. The molecule has 31 heavy (non-hydrogen) atoms. The Balaban J connectivity index is 1.50. The van der Waals surface area contributed by atoms with E-state index < -0.39 is 12.3 Å². The van der Waals surface area contributed by atoms with Crippen molar-refractivity contribution in [1.29, 1.82) is 0 Å². The Kier molecular flexibility index (Phi) is 7.44. The lowest BCUT2D eigenvalue weighted by molar-refractivity contribution is -0.306. The molecule has 1 fully saturated rings. The first-order valence-corrected chi connectivity index (χ1v) is 10.2. The molecule has 1 aliphatic heterocycles. The Morgan fingerprint density at radius 3 is 2.65 bits per heavy atom. The number of hydrogen-bond acceptors (Lipinski definition) is 7. The number of alkyl halides is 3. The zero-order valence-electron chi connectivity index (χ0n) is 16.6. The van der Waals surface area contributed by atoms with Gasteiger partial charge in [-0.2, -0.15) is 0 Å². The fraction of sp³-hybridized carbons (Fsp3) is 0.474. The summed E-state index contributed by atoms with van der Waals surface area (Å²) in [6.45, 7) is 1.52. The first-order chi connectivity index (χ1) is 14.7. The van der Waals surface area contributed by atoms with Crippen LogP contribution in [0.3, 0.4) is 0 Å². The molecule has 12 heteroatoms. The number of thiocarbonyl (C=S) groups is 1. The number of anilines is 2. The van der Waals surface area contributed by atoms with E-state index in [1.807, 2.05) is 0 Å². The van der Waals surface area contributed by atoms with E-state index in [1.165, 1.54) is 6.08 Å². The topological polar surface area (TPSA) is 105 Å². The van der Waals surface area contributed by atoms with Crippen molar-refractivity contribution in [1.82, 2.24) is 15.6 Å². The van der Waals surface area contributed by atoms with Gasteiger partial charge in [-0.25, -0.2) is 0 Å². The van der Waals surface area contributed by atoms with Crippen LogP contribution in [-0.2, 0) is 9.53 Å². The van der Waals surface area contributed by atoms with Crippen molar-refractivity contribution < 1.29 is 22.7 Å². The molecule has 3 rings (SSSR count). The molecule has 1 aromatic rings. The Bertz CT molecular complexity index is 864. The Morgan fingerprint density at radius 1 is 1.29 bits per heavy atom. The lowest BCUT2D eigenvalue weighted by atomic mass is 9.97. The van der Waals surface area contributed by atoms with Crippen LogP contribution >= 0.6 is 12.2 Å². The molecule has 1 amide bonds. The van der Waals surface area contributed by atoms with Crippen molar-refractivity contribution in [3.8, 4) is 0 Å². The average Bonchev–Trinajstić information content (AvgIpc) is 2.73. The van der Waals surface area contributed by atoms with Crippen molar-refractivity contribution in [2.45, 2.75) is 38.5 Å². The number of amides is 1. The number of aromatic nitrogens is 2. The molecule has 1 saturated heterocycles. The summed E-state index contributed by atoms with van der Waals surface area (Å²) in [6, 6.07) is 3.40. The third kappa shape index (κ3) is 6.89. The van der Waals surface area contributed by atoms with Crippen LogP contribution in [0.5, 0.6) is 0 Å². The number of piperidine rings is 1. The van der Waals surface area contributed by atoms with Gasteiger partial charge in [-0.05, 0) is 43.0 Å². The van der Waals surface area contributed by atoms with Crippen molar-refractivity contribution in [3.63, 3.8) is 0 Å². The molecule has 0 unspecified atom stereocenters. The number of carbonyl (C=O) groups excluding carboxylic acids is 1. The van der Waals surface area contributed by atoms with Gasteiger partial charge >= 0.3 is 6.36 Å². The summed E-state index contributed by atoms with van der Waals surface area (Å²) in [7, 11) is 0. The van der Waals surface area contributed by atoms with Crippen LogP contribution in [0.1, 0.15) is 32.1 Å². The van der Waals surface area contributed by atoms with Crippen LogP contribution in [0.15, 0.2) is 35.6 Å². The van der Waals surface area contributed by atoms with Gasteiger partial charge in [-0.1, -0.05) is 18.3 Å². The van der Waals surface area contributed by atoms with Gasteiger partial charge in [-0.15, -0.1) is 23.4 Å². The first-order valence-electron chi connectivity index (χ1n) is 9.78. The molecule has 2 heterocycles. The fourth-order valence-corrected chi connectivity index (χ4v) is 3.75. The zero-order chi connectivity index (χ0) is 22.4. The highest BCUT2D eigenvalue weighted by atomic mass is 32.1. The minimum absolute atomic E-state index is 0.0866. The fourth-order valence-electron chi connectivity index (χ4n) is 3.51. The summed E-state index contributed by atoms with van der Waals surface area (Å²) in [5.74, 6) is 5.97. The summed E-state index contributed by atoms with van der Waals surface area (Å²) in [5.41, 5.74) is 3.00. The lowest BCUT2D eigenvalue weighted by Crippen LogP contribution is -2.42. The van der Waals surface area contributed by atoms with E-state index in [0.717, 1.165) is 25.9 Å². The van der Waals surface area contributed by atoms with E-state index in [9.17, 15) is 18.0 Å². The number of nitrogens with zero attached hydrogens (tertiary/aromatic N) is 3. The van der Waals surface area contributed by atoms with Crippen molar-refractivity contribution in [2.75, 3.05) is 23.3 Å². The molecule has 0 aromatic carbocycles. The number of nitrogens with two attached hydrogens (primary N) is 1. The van der Waals surface area contributed by atoms with Gasteiger partial charge in [0.25, 0.3) is 0 Å². The van der Waals surface area contributed by atoms with Crippen molar-refractivity contribution in [3.05, 3.63) is 35.6 Å². The zero-order valence-corrected chi connectivity index (χ0v) is 17.4. The Hall–Kier alpha value is -2.73. The maximum Gasteiger partial charge on any atom is 0.572 e. The highest BCUT2D eigenvalue weighted by Gasteiger charge is 2.32. The minimum atomic E-state index is -4.74. The number of carbonyl (C=O) groups is 1. The second kappa shape index (κ2) is 10.1. The molecule has 2 aliphatic rings. The Labute approximate surface area is 182 Å². The molecular formula is C19H23F3N6O2S. The van der Waals surface area contributed by atoms with Gasteiger partial charge in [0.05, 0.1) is 11.4 Å². The number of hydrogen-bond donors (Lipinski definition) is 3. The maximum atomic E-state index is 12.4. The Morgan fingerprint density at radius 2 is 2.03 bits per heavy atom. The number of allylic oxidation sites excluding steroid dienone is 3. The van der Waals surface area contributed by atoms with Gasteiger partial charge in [0.15, 0.2) is 11.6 Å². The van der Waals surface area contributed by atoms with Crippen LogP contribution in [0.4, 0.5) is 24.8 Å². The predicted octanol–water partition coefficient (Wildman–Crippen LogP) is 2.95. The van der Waals surface area contributed by atoms with Crippen LogP contribution in [0.25, 0.3) is 0 Å². The highest BCUT2D eigenvalue weighted by Crippen LogP contribution is 2.28. The average molecular weight is 456 g/mol. The maximum absolute atomic E-state index is 12.4. The molecule has 1 aromatic heterocycles. The summed E-state index contributed by atoms with van der Waals surface area (Å²) in [5, 5.41) is 10.8. The third-order valence-electron chi connectivity index (χ3n) is 5.01. The molecule has 168 valence electrons. The van der Waals surface area contributed by atoms with Gasteiger partial charge < -0.3 is 20.4 Å². The number of halogens is 3. The number of nitrogens with one attached hydrogen (secondary N) is 2. The van der Waals surface area contributed by atoms with E-state index in [-0.39, 0.29) is 30.3 Å². The molecule has 0 spiro atoms. The normalized spacial score (nSPS) is 17.5. The molecule has 8 nitrogen and oxygen atoms in total.